The maximum Gasteiger partial charge on any atom is 0.416 e. The van der Waals surface area contributed by atoms with Crippen molar-refractivity contribution in [1.82, 2.24) is 24.7 Å². The summed E-state index contributed by atoms with van der Waals surface area (Å²) in [5, 5.41) is 4.50. The molecule has 39 heavy (non-hydrogen) atoms. The van der Waals surface area contributed by atoms with Crippen molar-refractivity contribution in [3.63, 3.8) is 0 Å². The van der Waals surface area contributed by atoms with E-state index in [1.54, 1.807) is 28.7 Å². The van der Waals surface area contributed by atoms with Crippen molar-refractivity contribution in [2.45, 2.75) is 25.2 Å². The van der Waals surface area contributed by atoms with Crippen LogP contribution in [0.1, 0.15) is 46.1 Å². The van der Waals surface area contributed by atoms with E-state index in [0.717, 1.165) is 17.2 Å². The van der Waals surface area contributed by atoms with Crippen LogP contribution in [0.4, 0.5) is 19.0 Å². The van der Waals surface area contributed by atoms with Gasteiger partial charge in [0.1, 0.15) is 17.2 Å². The Labute approximate surface area is 224 Å². The lowest BCUT2D eigenvalue weighted by Gasteiger charge is -2.20. The minimum atomic E-state index is -4.56. The summed E-state index contributed by atoms with van der Waals surface area (Å²) in [6.07, 6.45) is 0.551. The molecule has 1 aliphatic rings. The highest BCUT2D eigenvalue weighted by Gasteiger charge is 2.36. The molecule has 0 aliphatic carbocycles. The standard InChI is InChI=1S/C29H29F3N6O/c1-18(36(2)3)20-12-15-38-25(17-20)33-26(19-8-6-5-7-9-19)27(38)34-28(39)21-10-11-23(29(30,31)32)22(16-21)24-13-14-37(4)35-24/h5-18,24,35H,1-4H3,(H,34,39). The Morgan fingerprint density at radius 3 is 2.49 bits per heavy atom. The second kappa shape index (κ2) is 10.2. The molecule has 0 saturated heterocycles. The number of rotatable bonds is 6. The third kappa shape index (κ3) is 5.25. The number of imidazole rings is 1. The molecule has 2 atom stereocenters. The number of alkyl halides is 3. The van der Waals surface area contributed by atoms with Crippen LogP contribution in [-0.2, 0) is 6.18 Å². The fourth-order valence-electron chi connectivity index (χ4n) is 4.63. The number of pyridine rings is 1. The summed E-state index contributed by atoms with van der Waals surface area (Å²) in [7, 11) is 5.68. The summed E-state index contributed by atoms with van der Waals surface area (Å²) < 4.78 is 43.2. The zero-order valence-corrected chi connectivity index (χ0v) is 22.0. The number of carbonyl (C=O) groups excluding carboxylic acids is 1. The van der Waals surface area contributed by atoms with E-state index in [9.17, 15) is 18.0 Å². The number of nitrogens with zero attached hydrogens (tertiary/aromatic N) is 4. The third-order valence-corrected chi connectivity index (χ3v) is 6.99. The highest BCUT2D eigenvalue weighted by Crippen LogP contribution is 2.37. The number of fused-ring (bicyclic) bond motifs is 1. The van der Waals surface area contributed by atoms with Crippen LogP contribution in [-0.4, -0.2) is 46.3 Å². The van der Waals surface area contributed by atoms with Gasteiger partial charge in [-0.05, 0) is 68.6 Å². The number of hydrogen-bond donors (Lipinski definition) is 2. The first kappa shape index (κ1) is 26.5. The molecule has 2 aromatic heterocycles. The van der Waals surface area contributed by atoms with Crippen molar-refractivity contribution in [3.05, 3.63) is 101 Å². The van der Waals surface area contributed by atoms with Crippen LogP contribution >= 0.6 is 0 Å². The lowest BCUT2D eigenvalue weighted by molar-refractivity contribution is -0.138. The van der Waals surface area contributed by atoms with Gasteiger partial charge in [0.05, 0.1) is 11.6 Å². The van der Waals surface area contributed by atoms with Crippen molar-refractivity contribution in [2.24, 2.45) is 0 Å². The van der Waals surface area contributed by atoms with E-state index in [0.29, 0.717) is 17.2 Å². The molecule has 7 nitrogen and oxygen atoms in total. The summed E-state index contributed by atoms with van der Waals surface area (Å²) in [6, 6.07) is 16.3. The zero-order chi connectivity index (χ0) is 27.9. The van der Waals surface area contributed by atoms with Gasteiger partial charge in [0.25, 0.3) is 5.91 Å². The molecule has 2 N–H and O–H groups in total. The fourth-order valence-corrected chi connectivity index (χ4v) is 4.63. The quantitative estimate of drug-likeness (QED) is 0.323. The van der Waals surface area contributed by atoms with Crippen LogP contribution in [0.5, 0.6) is 0 Å². The van der Waals surface area contributed by atoms with Crippen molar-refractivity contribution in [1.29, 1.82) is 0 Å². The molecule has 0 fully saturated rings. The molecule has 0 bridgehead atoms. The Hall–Kier alpha value is -4.15. The Balaban J connectivity index is 1.56. The molecule has 0 saturated carbocycles. The number of carbonyl (C=O) groups is 1. The summed E-state index contributed by atoms with van der Waals surface area (Å²) in [5.74, 6) is -0.102. The summed E-state index contributed by atoms with van der Waals surface area (Å²) >= 11 is 0. The smallest absolute Gasteiger partial charge is 0.318 e. The van der Waals surface area contributed by atoms with E-state index in [2.05, 4.69) is 22.6 Å². The first-order valence-electron chi connectivity index (χ1n) is 12.5. The molecule has 2 unspecified atom stereocenters. The van der Waals surface area contributed by atoms with Gasteiger partial charge in [-0.15, -0.1) is 0 Å². The van der Waals surface area contributed by atoms with E-state index in [1.165, 1.54) is 12.1 Å². The van der Waals surface area contributed by atoms with Gasteiger partial charge in [-0.25, -0.2) is 10.4 Å². The second-order valence-corrected chi connectivity index (χ2v) is 9.82. The number of amides is 1. The minimum absolute atomic E-state index is 0.0283. The molecule has 4 aromatic rings. The van der Waals surface area contributed by atoms with Crippen LogP contribution in [0.3, 0.4) is 0 Å². The second-order valence-electron chi connectivity index (χ2n) is 9.82. The summed E-state index contributed by atoms with van der Waals surface area (Å²) in [6.45, 7) is 2.09. The van der Waals surface area contributed by atoms with Crippen LogP contribution in [0.25, 0.3) is 16.9 Å². The normalized spacial score (nSPS) is 16.3. The molecule has 1 aliphatic heterocycles. The van der Waals surface area contributed by atoms with E-state index in [4.69, 9.17) is 4.98 Å². The lowest BCUT2D eigenvalue weighted by atomic mass is 9.97. The number of hydrogen-bond acceptors (Lipinski definition) is 5. The van der Waals surface area contributed by atoms with Gasteiger partial charge in [0.15, 0.2) is 0 Å². The average molecular weight is 535 g/mol. The number of nitrogens with one attached hydrogen (secondary N) is 2. The fraction of sp³-hybridized carbons (Fsp3) is 0.241. The SMILES string of the molecule is CC(c1ccn2c(NC(=O)c3ccc(C(F)(F)F)c(C4C=CN(C)N4)c3)c(-c3ccccc3)nc2c1)N(C)C. The first-order chi connectivity index (χ1) is 18.5. The van der Waals surface area contributed by atoms with Crippen LogP contribution in [0.15, 0.2) is 79.1 Å². The molecule has 2 aromatic carbocycles. The van der Waals surface area contributed by atoms with Gasteiger partial charge in [-0.1, -0.05) is 30.3 Å². The molecule has 5 rings (SSSR count). The lowest BCUT2D eigenvalue weighted by Crippen LogP contribution is -2.28. The van der Waals surface area contributed by atoms with Crippen LogP contribution < -0.4 is 10.7 Å². The number of anilines is 1. The molecule has 1 amide bonds. The Bertz CT molecular complexity index is 1540. The molecular weight excluding hydrogens is 505 g/mol. The predicted molar refractivity (Wildman–Crippen MR) is 145 cm³/mol. The van der Waals surface area contributed by atoms with Gasteiger partial charge >= 0.3 is 6.18 Å². The Morgan fingerprint density at radius 2 is 1.85 bits per heavy atom. The monoisotopic (exact) mass is 534 g/mol. The van der Waals surface area contributed by atoms with Crippen LogP contribution in [0, 0.1) is 0 Å². The van der Waals surface area contributed by atoms with Gasteiger partial charge in [-0.2, -0.15) is 13.2 Å². The minimum Gasteiger partial charge on any atom is -0.318 e. The third-order valence-electron chi connectivity index (χ3n) is 6.99. The van der Waals surface area contributed by atoms with E-state index in [1.807, 2.05) is 62.8 Å². The van der Waals surface area contributed by atoms with Crippen molar-refractivity contribution in [3.8, 4) is 11.3 Å². The van der Waals surface area contributed by atoms with Crippen molar-refractivity contribution in [2.75, 3.05) is 26.5 Å². The van der Waals surface area contributed by atoms with Gasteiger partial charge in [0.2, 0.25) is 0 Å². The van der Waals surface area contributed by atoms with Gasteiger partial charge < -0.3 is 15.2 Å². The predicted octanol–water partition coefficient (Wildman–Crippen LogP) is 5.90. The van der Waals surface area contributed by atoms with E-state index >= 15 is 0 Å². The number of hydrazine groups is 1. The molecule has 0 radical (unpaired) electrons. The van der Waals surface area contributed by atoms with Crippen molar-refractivity contribution >= 4 is 17.4 Å². The molecule has 0 spiro atoms. The highest BCUT2D eigenvalue weighted by molar-refractivity contribution is 6.06. The largest absolute Gasteiger partial charge is 0.416 e. The number of benzene rings is 2. The van der Waals surface area contributed by atoms with E-state index < -0.39 is 23.7 Å². The average Bonchev–Trinajstić information content (AvgIpc) is 3.51. The Morgan fingerprint density at radius 1 is 1.10 bits per heavy atom. The molecule has 10 heteroatoms. The van der Waals surface area contributed by atoms with Gasteiger partial charge in [0, 0.05) is 36.6 Å². The maximum atomic E-state index is 13.8. The van der Waals surface area contributed by atoms with Crippen molar-refractivity contribution < 1.29 is 18.0 Å². The summed E-state index contributed by atoms with van der Waals surface area (Å²) in [5.41, 5.74) is 5.30. The van der Waals surface area contributed by atoms with E-state index in [-0.39, 0.29) is 17.2 Å². The van der Waals surface area contributed by atoms with Gasteiger partial charge in [-0.3, -0.25) is 9.20 Å². The molecule has 3 heterocycles. The maximum absolute atomic E-state index is 13.8. The highest BCUT2D eigenvalue weighted by atomic mass is 19.4. The topological polar surface area (TPSA) is 64.9 Å². The van der Waals surface area contributed by atoms with Crippen LogP contribution in [0.2, 0.25) is 0 Å². The summed E-state index contributed by atoms with van der Waals surface area (Å²) in [4.78, 5) is 20.4. The number of aromatic nitrogens is 2. The molecular formula is C29H29F3N6O. The number of halogens is 3. The Kier molecular flexibility index (Phi) is 6.92. The zero-order valence-electron chi connectivity index (χ0n) is 22.0. The molecule has 202 valence electrons. The first-order valence-corrected chi connectivity index (χ1v) is 12.5.